The Morgan fingerprint density at radius 2 is 2.13 bits per heavy atom. The van der Waals surface area contributed by atoms with Gasteiger partial charge in [0.25, 0.3) is 0 Å². The van der Waals surface area contributed by atoms with Gasteiger partial charge >= 0.3 is 25.5 Å². The second-order valence-corrected chi connectivity index (χ2v) is 5.52. The molecule has 123 valence electrons. The Labute approximate surface area is 152 Å². The van der Waals surface area contributed by atoms with E-state index in [4.69, 9.17) is 13.6 Å². The van der Waals surface area contributed by atoms with Crippen LogP contribution in [0.2, 0.25) is 0 Å². The number of hydrogen-bond donors (Lipinski definition) is 0. The molecular formula is C13H12BrN4O4Os. The first-order valence-electron chi connectivity index (χ1n) is 6.59. The molecular weight excluding hydrogens is 546 g/mol. The van der Waals surface area contributed by atoms with E-state index in [2.05, 4.69) is 38.3 Å². The fourth-order valence-electron chi connectivity index (χ4n) is 2.00. The Morgan fingerprint density at radius 3 is 2.83 bits per heavy atom. The van der Waals surface area contributed by atoms with Gasteiger partial charge in [0.05, 0.1) is 11.0 Å². The predicted molar refractivity (Wildman–Crippen MR) is 77.9 cm³/mol. The van der Waals surface area contributed by atoms with Crippen molar-refractivity contribution in [3.8, 4) is 11.5 Å². The van der Waals surface area contributed by atoms with E-state index in [0.29, 0.717) is 23.6 Å². The van der Waals surface area contributed by atoms with Crippen molar-refractivity contribution in [3.63, 3.8) is 0 Å². The maximum absolute atomic E-state index is 11.9. The number of rotatable bonds is 6. The molecule has 1 radical (unpaired) electrons. The molecule has 0 atom stereocenters. The number of halogens is 1. The summed E-state index contributed by atoms with van der Waals surface area (Å²) in [5.41, 5.74) is 1.01. The topological polar surface area (TPSA) is 100 Å². The second-order valence-electron chi connectivity index (χ2n) is 4.61. The summed E-state index contributed by atoms with van der Waals surface area (Å²) < 4.78 is 16.9. The average Bonchev–Trinajstić information content (AvgIpc) is 3.20. The SMILES string of the molecule is [CH2-]CCCc1nonc1-c1noc(=O)n1Cc1cc(Br)co1.[Os+]. The van der Waals surface area contributed by atoms with Crippen LogP contribution >= 0.6 is 15.9 Å². The van der Waals surface area contributed by atoms with Crippen LogP contribution in [0.3, 0.4) is 0 Å². The van der Waals surface area contributed by atoms with Crippen LogP contribution in [-0.4, -0.2) is 20.0 Å². The van der Waals surface area contributed by atoms with Crippen LogP contribution in [0.1, 0.15) is 24.3 Å². The van der Waals surface area contributed by atoms with Gasteiger partial charge in [0, 0.05) is 0 Å². The molecule has 0 saturated heterocycles. The predicted octanol–water partition coefficient (Wildman–Crippen LogP) is 2.44. The maximum Gasteiger partial charge on any atom is 1.00 e. The first-order valence-corrected chi connectivity index (χ1v) is 7.39. The Balaban J connectivity index is 0.00000192. The third-order valence-corrected chi connectivity index (χ3v) is 3.47. The summed E-state index contributed by atoms with van der Waals surface area (Å²) in [4.78, 5) is 11.9. The molecule has 3 heterocycles. The van der Waals surface area contributed by atoms with E-state index < -0.39 is 5.76 Å². The molecule has 8 nitrogen and oxygen atoms in total. The van der Waals surface area contributed by atoms with Crippen molar-refractivity contribution in [1.29, 1.82) is 0 Å². The first kappa shape index (κ1) is 17.8. The standard InChI is InChI=1S/C13H12BrN4O4.Os/c1-2-3-4-10-11(16-22-15-10)12-17-21-13(19)18(12)6-9-5-8(14)7-20-9;/h5,7H,1-4,6H2;/q-1;+1. The van der Waals surface area contributed by atoms with Gasteiger partial charge in [0.1, 0.15) is 17.7 Å². The van der Waals surface area contributed by atoms with E-state index in [1.54, 1.807) is 6.07 Å². The zero-order chi connectivity index (χ0) is 15.5. The van der Waals surface area contributed by atoms with Crippen molar-refractivity contribution in [2.45, 2.75) is 25.8 Å². The molecule has 0 saturated carbocycles. The molecule has 3 aromatic rings. The smallest absolute Gasteiger partial charge is 0.466 e. The van der Waals surface area contributed by atoms with E-state index in [-0.39, 0.29) is 32.2 Å². The third-order valence-electron chi connectivity index (χ3n) is 3.05. The monoisotopic (exact) mass is 559 g/mol. The molecule has 23 heavy (non-hydrogen) atoms. The van der Waals surface area contributed by atoms with Crippen molar-refractivity contribution in [3.05, 3.63) is 45.7 Å². The zero-order valence-corrected chi connectivity index (χ0v) is 16.0. The van der Waals surface area contributed by atoms with Crippen molar-refractivity contribution in [2.75, 3.05) is 0 Å². The van der Waals surface area contributed by atoms with E-state index in [9.17, 15) is 4.79 Å². The van der Waals surface area contributed by atoms with Gasteiger partial charge in [-0.15, -0.1) is 0 Å². The van der Waals surface area contributed by atoms with E-state index in [1.165, 1.54) is 10.8 Å². The van der Waals surface area contributed by atoms with Gasteiger partial charge in [0.15, 0.2) is 5.69 Å². The van der Waals surface area contributed by atoms with Crippen LogP contribution in [0.5, 0.6) is 0 Å². The molecule has 0 unspecified atom stereocenters. The van der Waals surface area contributed by atoms with Crippen molar-refractivity contribution >= 4 is 15.9 Å². The molecule has 0 aliphatic rings. The number of hydrogen-bond acceptors (Lipinski definition) is 7. The van der Waals surface area contributed by atoms with Gasteiger partial charge in [-0.3, -0.25) is 4.52 Å². The zero-order valence-electron chi connectivity index (χ0n) is 11.8. The molecule has 0 amide bonds. The van der Waals surface area contributed by atoms with Crippen LogP contribution in [0.4, 0.5) is 0 Å². The number of nitrogens with zero attached hydrogens (tertiary/aromatic N) is 4. The van der Waals surface area contributed by atoms with E-state index in [0.717, 1.165) is 17.3 Å². The van der Waals surface area contributed by atoms with E-state index >= 15 is 0 Å². The largest absolute Gasteiger partial charge is 1.00 e. The Morgan fingerprint density at radius 1 is 1.30 bits per heavy atom. The van der Waals surface area contributed by atoms with Gasteiger partial charge in [-0.25, -0.2) is 14.0 Å². The minimum absolute atomic E-state index is 0. The number of aryl methyl sites for hydroxylation is 1. The van der Waals surface area contributed by atoms with Crippen LogP contribution in [0.15, 0.2) is 35.2 Å². The number of furan rings is 1. The minimum Gasteiger partial charge on any atom is -0.466 e. The summed E-state index contributed by atoms with van der Waals surface area (Å²) in [6.07, 6.45) is 3.76. The van der Waals surface area contributed by atoms with Gasteiger partial charge in [-0.2, -0.15) is 6.42 Å². The van der Waals surface area contributed by atoms with Gasteiger partial charge < -0.3 is 11.3 Å². The van der Waals surface area contributed by atoms with Crippen molar-refractivity contribution in [2.24, 2.45) is 0 Å². The van der Waals surface area contributed by atoms with Crippen LogP contribution < -0.4 is 5.76 Å². The first-order chi connectivity index (χ1) is 10.7. The maximum atomic E-state index is 11.9. The fraction of sp³-hybridized carbons (Fsp3) is 0.308. The van der Waals surface area contributed by atoms with Crippen LogP contribution in [0.25, 0.3) is 11.5 Å². The molecule has 0 fully saturated rings. The Kier molecular flexibility index (Phi) is 6.08. The molecule has 0 N–H and O–H groups in total. The van der Waals surface area contributed by atoms with Crippen molar-refractivity contribution in [1.82, 2.24) is 20.0 Å². The number of aromatic nitrogens is 4. The molecule has 0 bridgehead atoms. The number of unbranched alkanes of at least 4 members (excludes halogenated alkanes) is 1. The van der Waals surface area contributed by atoms with Gasteiger partial charge in [-0.1, -0.05) is 16.7 Å². The van der Waals surface area contributed by atoms with E-state index in [1.807, 2.05) is 0 Å². The summed E-state index contributed by atoms with van der Waals surface area (Å²) >= 11 is 3.29. The summed E-state index contributed by atoms with van der Waals surface area (Å²) in [5.74, 6) is 0.237. The summed E-state index contributed by atoms with van der Waals surface area (Å²) in [6, 6.07) is 1.76. The average molecular weight is 558 g/mol. The van der Waals surface area contributed by atoms with Crippen LogP contribution in [-0.2, 0) is 32.8 Å². The minimum atomic E-state index is -0.603. The summed E-state index contributed by atoms with van der Waals surface area (Å²) in [6.45, 7) is 3.95. The quantitative estimate of drug-likeness (QED) is 0.429. The van der Waals surface area contributed by atoms with Crippen molar-refractivity contribution < 1.29 is 33.4 Å². The molecule has 0 aliphatic carbocycles. The van der Waals surface area contributed by atoms with Gasteiger partial charge in [-0.05, 0) is 33.6 Å². The van der Waals surface area contributed by atoms with Gasteiger partial charge in [0.2, 0.25) is 5.82 Å². The second kappa shape index (κ2) is 7.84. The molecule has 0 spiro atoms. The Hall–Kier alpha value is -1.52. The third kappa shape index (κ3) is 3.87. The molecule has 10 heteroatoms. The van der Waals surface area contributed by atoms with Crippen LogP contribution in [0, 0.1) is 6.92 Å². The summed E-state index contributed by atoms with van der Waals surface area (Å²) in [7, 11) is 0. The fourth-order valence-corrected chi connectivity index (χ4v) is 2.35. The molecule has 0 aliphatic heterocycles. The Bertz CT molecular complexity index is 822. The molecule has 0 aromatic carbocycles. The normalized spacial score (nSPS) is 10.7. The summed E-state index contributed by atoms with van der Waals surface area (Å²) in [5, 5.41) is 11.5. The molecule has 3 rings (SSSR count). The molecule has 3 aromatic heterocycles.